The highest BCUT2D eigenvalue weighted by Gasteiger charge is 2.38. The van der Waals surface area contributed by atoms with Crippen LogP contribution in [0, 0.1) is 11.8 Å². The third-order valence-electron chi connectivity index (χ3n) is 4.61. The Morgan fingerprint density at radius 1 is 1.39 bits per heavy atom. The van der Waals surface area contributed by atoms with Crippen LogP contribution in [0.5, 0.6) is 0 Å². The average Bonchev–Trinajstić information content (AvgIpc) is 2.72. The van der Waals surface area contributed by atoms with E-state index in [0.29, 0.717) is 18.9 Å². The Morgan fingerprint density at radius 2 is 2.11 bits per heavy atom. The molecule has 4 heteroatoms. The quantitative estimate of drug-likeness (QED) is 0.775. The summed E-state index contributed by atoms with van der Waals surface area (Å²) in [5.74, 6) is 1.20. The Balaban J connectivity index is 1.95. The lowest BCUT2D eigenvalue weighted by Crippen LogP contribution is -2.41. The molecule has 2 rings (SSSR count). The molecule has 1 saturated carbocycles. The second-order valence-electron chi connectivity index (χ2n) is 5.90. The van der Waals surface area contributed by atoms with Crippen molar-refractivity contribution in [3.05, 3.63) is 0 Å². The van der Waals surface area contributed by atoms with E-state index in [1.165, 1.54) is 32.8 Å². The standard InChI is InChI=1S/C14H25NO3/c1-10-5-3-4-6-11(10)8-15-9-12(16)7-13(15)14(17)18-2/h10-13,16H,3-9H2,1-2H3/t10-,11-,12-,13-/m0/s1. The summed E-state index contributed by atoms with van der Waals surface area (Å²) < 4.78 is 4.84. The topological polar surface area (TPSA) is 49.8 Å². The van der Waals surface area contributed by atoms with E-state index in [2.05, 4.69) is 11.8 Å². The van der Waals surface area contributed by atoms with Crippen LogP contribution >= 0.6 is 0 Å². The molecule has 104 valence electrons. The fraction of sp³-hybridized carbons (Fsp3) is 0.929. The van der Waals surface area contributed by atoms with Gasteiger partial charge in [0.05, 0.1) is 13.2 Å². The van der Waals surface area contributed by atoms with Gasteiger partial charge in [-0.25, -0.2) is 0 Å². The molecule has 4 atom stereocenters. The van der Waals surface area contributed by atoms with Gasteiger partial charge in [0.15, 0.2) is 0 Å². The van der Waals surface area contributed by atoms with Gasteiger partial charge in [-0.3, -0.25) is 9.69 Å². The van der Waals surface area contributed by atoms with Crippen LogP contribution in [0.4, 0.5) is 0 Å². The zero-order chi connectivity index (χ0) is 13.1. The van der Waals surface area contributed by atoms with Crippen LogP contribution in [0.15, 0.2) is 0 Å². The molecule has 1 aliphatic carbocycles. The minimum Gasteiger partial charge on any atom is -0.468 e. The number of aliphatic hydroxyl groups is 1. The summed E-state index contributed by atoms with van der Waals surface area (Å²) in [5.41, 5.74) is 0. The number of carbonyl (C=O) groups excluding carboxylic acids is 1. The molecule has 0 radical (unpaired) electrons. The normalized spacial score (nSPS) is 37.7. The molecular weight excluding hydrogens is 230 g/mol. The van der Waals surface area contributed by atoms with E-state index in [0.717, 1.165) is 12.5 Å². The summed E-state index contributed by atoms with van der Waals surface area (Å²) in [6.45, 7) is 3.85. The van der Waals surface area contributed by atoms with Gasteiger partial charge >= 0.3 is 5.97 Å². The number of aliphatic hydroxyl groups excluding tert-OH is 1. The maximum Gasteiger partial charge on any atom is 0.323 e. The Hall–Kier alpha value is -0.610. The van der Waals surface area contributed by atoms with Crippen molar-refractivity contribution < 1.29 is 14.6 Å². The maximum atomic E-state index is 11.7. The molecule has 1 saturated heterocycles. The minimum absolute atomic E-state index is 0.199. The van der Waals surface area contributed by atoms with Gasteiger partial charge < -0.3 is 9.84 Å². The van der Waals surface area contributed by atoms with Crippen molar-refractivity contribution in [1.82, 2.24) is 4.90 Å². The van der Waals surface area contributed by atoms with Crippen molar-refractivity contribution in [3.8, 4) is 0 Å². The first-order valence-electron chi connectivity index (χ1n) is 7.11. The van der Waals surface area contributed by atoms with Crippen LogP contribution < -0.4 is 0 Å². The summed E-state index contributed by atoms with van der Waals surface area (Å²) in [7, 11) is 1.43. The van der Waals surface area contributed by atoms with Crippen molar-refractivity contribution in [2.45, 2.75) is 51.2 Å². The molecule has 1 aliphatic heterocycles. The molecule has 2 fully saturated rings. The van der Waals surface area contributed by atoms with Gasteiger partial charge in [0.2, 0.25) is 0 Å². The molecule has 4 nitrogen and oxygen atoms in total. The molecule has 18 heavy (non-hydrogen) atoms. The highest BCUT2D eigenvalue weighted by molar-refractivity contribution is 5.76. The van der Waals surface area contributed by atoms with Gasteiger partial charge in [0.25, 0.3) is 0 Å². The van der Waals surface area contributed by atoms with Crippen LogP contribution in [0.1, 0.15) is 39.0 Å². The number of ether oxygens (including phenoxy) is 1. The summed E-state index contributed by atoms with van der Waals surface area (Å²) in [6, 6.07) is -0.237. The first kappa shape index (κ1) is 13.8. The van der Waals surface area contributed by atoms with Gasteiger partial charge in [-0.2, -0.15) is 0 Å². The molecule has 0 unspecified atom stereocenters. The van der Waals surface area contributed by atoms with Crippen molar-refractivity contribution in [1.29, 1.82) is 0 Å². The summed E-state index contributed by atoms with van der Waals surface area (Å²) >= 11 is 0. The Labute approximate surface area is 109 Å². The second kappa shape index (κ2) is 6.02. The highest BCUT2D eigenvalue weighted by atomic mass is 16.5. The fourth-order valence-corrected chi connectivity index (χ4v) is 3.43. The van der Waals surface area contributed by atoms with Crippen LogP contribution in [-0.4, -0.2) is 48.3 Å². The second-order valence-corrected chi connectivity index (χ2v) is 5.90. The van der Waals surface area contributed by atoms with Crippen molar-refractivity contribution >= 4 is 5.97 Å². The van der Waals surface area contributed by atoms with Gasteiger partial charge in [-0.05, 0) is 18.3 Å². The van der Waals surface area contributed by atoms with Gasteiger partial charge in [0, 0.05) is 19.5 Å². The number of β-amino-alcohol motifs (C(OH)–C–C–N with tert-alkyl or cyclic N) is 1. The van der Waals surface area contributed by atoms with E-state index >= 15 is 0 Å². The number of hydrogen-bond acceptors (Lipinski definition) is 4. The van der Waals surface area contributed by atoms with E-state index in [1.54, 1.807) is 0 Å². The van der Waals surface area contributed by atoms with Crippen molar-refractivity contribution in [2.75, 3.05) is 20.2 Å². The molecule has 0 aromatic carbocycles. The molecule has 0 aromatic heterocycles. The van der Waals surface area contributed by atoms with Crippen LogP contribution in [-0.2, 0) is 9.53 Å². The Morgan fingerprint density at radius 3 is 2.78 bits per heavy atom. The lowest BCUT2D eigenvalue weighted by atomic mass is 9.80. The highest BCUT2D eigenvalue weighted by Crippen LogP contribution is 2.32. The number of carbonyl (C=O) groups is 1. The molecule has 2 aliphatic rings. The zero-order valence-electron chi connectivity index (χ0n) is 11.5. The monoisotopic (exact) mass is 255 g/mol. The van der Waals surface area contributed by atoms with Gasteiger partial charge in [0.1, 0.15) is 6.04 Å². The maximum absolute atomic E-state index is 11.7. The molecule has 1 N–H and O–H groups in total. The number of methoxy groups -OCH3 is 1. The molecule has 0 amide bonds. The van der Waals surface area contributed by atoms with Crippen LogP contribution in [0.25, 0.3) is 0 Å². The SMILES string of the molecule is COC(=O)[C@@H]1C[C@H](O)CN1C[C@@H]1CCCC[C@@H]1C. The predicted molar refractivity (Wildman–Crippen MR) is 69.1 cm³/mol. The lowest BCUT2D eigenvalue weighted by Gasteiger charge is -2.33. The molecule has 1 heterocycles. The zero-order valence-corrected chi connectivity index (χ0v) is 11.5. The van der Waals surface area contributed by atoms with Crippen molar-refractivity contribution in [3.63, 3.8) is 0 Å². The number of esters is 1. The number of hydrogen-bond donors (Lipinski definition) is 1. The van der Waals surface area contributed by atoms with E-state index in [4.69, 9.17) is 4.74 Å². The number of nitrogens with zero attached hydrogens (tertiary/aromatic N) is 1. The van der Waals surface area contributed by atoms with Gasteiger partial charge in [-0.1, -0.05) is 26.2 Å². The Kier molecular flexibility index (Phi) is 4.62. The summed E-state index contributed by atoms with van der Waals surface area (Å²) in [4.78, 5) is 13.8. The third kappa shape index (κ3) is 3.04. The smallest absolute Gasteiger partial charge is 0.323 e. The summed E-state index contributed by atoms with van der Waals surface area (Å²) in [5, 5.41) is 9.76. The van der Waals surface area contributed by atoms with Crippen LogP contribution in [0.2, 0.25) is 0 Å². The number of likely N-dealkylation sites (tertiary alicyclic amines) is 1. The van der Waals surface area contributed by atoms with E-state index in [1.807, 2.05) is 0 Å². The fourth-order valence-electron chi connectivity index (χ4n) is 3.43. The lowest BCUT2D eigenvalue weighted by molar-refractivity contribution is -0.146. The molecule has 0 spiro atoms. The molecular formula is C14H25NO3. The first-order chi connectivity index (χ1) is 8.61. The molecule has 0 aromatic rings. The first-order valence-corrected chi connectivity index (χ1v) is 7.11. The largest absolute Gasteiger partial charge is 0.468 e. The average molecular weight is 255 g/mol. The van der Waals surface area contributed by atoms with Crippen molar-refractivity contribution in [2.24, 2.45) is 11.8 Å². The van der Waals surface area contributed by atoms with Crippen LogP contribution in [0.3, 0.4) is 0 Å². The van der Waals surface area contributed by atoms with E-state index < -0.39 is 0 Å². The van der Waals surface area contributed by atoms with E-state index in [-0.39, 0.29) is 18.1 Å². The number of rotatable bonds is 3. The Bertz CT molecular complexity index is 295. The summed E-state index contributed by atoms with van der Waals surface area (Å²) in [6.07, 6.45) is 5.32. The molecule has 0 bridgehead atoms. The minimum atomic E-state index is -0.381. The van der Waals surface area contributed by atoms with E-state index in [9.17, 15) is 9.90 Å². The predicted octanol–water partition coefficient (Wildman–Crippen LogP) is 1.42. The van der Waals surface area contributed by atoms with Gasteiger partial charge in [-0.15, -0.1) is 0 Å². The third-order valence-corrected chi connectivity index (χ3v) is 4.61.